The molecule has 0 atom stereocenters. The molecule has 0 bridgehead atoms. The Morgan fingerprint density at radius 2 is 1.33 bits per heavy atom. The van der Waals surface area contributed by atoms with Crippen molar-refractivity contribution in [3.8, 4) is 11.5 Å². The number of hydrogen-bond acceptors (Lipinski definition) is 4. The zero-order valence-electron chi connectivity index (χ0n) is 16.3. The number of fused-ring (bicyclic) bond motifs is 1. The van der Waals surface area contributed by atoms with E-state index < -0.39 is 23.2 Å². The van der Waals surface area contributed by atoms with E-state index in [0.717, 1.165) is 23.3 Å². The quantitative estimate of drug-likeness (QED) is 0.493. The molecule has 5 nitrogen and oxygen atoms in total. The van der Waals surface area contributed by atoms with Crippen molar-refractivity contribution < 1.29 is 18.3 Å². The van der Waals surface area contributed by atoms with Crippen molar-refractivity contribution >= 4 is 10.9 Å². The number of nitrogens with zero attached hydrogens (tertiary/aromatic N) is 2. The molecule has 4 rings (SSSR count). The van der Waals surface area contributed by atoms with Crippen molar-refractivity contribution in [1.82, 2.24) is 9.55 Å². The van der Waals surface area contributed by atoms with Gasteiger partial charge in [-0.2, -0.15) is 0 Å². The molecule has 0 radical (unpaired) electrons. The molecule has 0 N–H and O–H groups in total. The third-order valence-electron chi connectivity index (χ3n) is 4.97. The normalized spacial score (nSPS) is 11.1. The third kappa shape index (κ3) is 3.50. The lowest BCUT2D eigenvalue weighted by Crippen LogP contribution is -2.27. The Bertz CT molecular complexity index is 1210. The fraction of sp³-hybridized carbons (Fsp3) is 0.130. The van der Waals surface area contributed by atoms with Crippen LogP contribution in [0.2, 0.25) is 0 Å². The van der Waals surface area contributed by atoms with E-state index in [4.69, 9.17) is 9.47 Å². The summed E-state index contributed by atoms with van der Waals surface area (Å²) in [5.74, 6) is -0.791. The fourth-order valence-electron chi connectivity index (χ4n) is 3.40. The summed E-state index contributed by atoms with van der Waals surface area (Å²) in [5.41, 5.74) is 1.22. The van der Waals surface area contributed by atoms with Crippen LogP contribution in [0.25, 0.3) is 10.9 Å². The van der Waals surface area contributed by atoms with Gasteiger partial charge in [0.2, 0.25) is 0 Å². The third-order valence-corrected chi connectivity index (χ3v) is 4.97. The van der Waals surface area contributed by atoms with Crippen molar-refractivity contribution in [2.45, 2.75) is 6.04 Å². The van der Waals surface area contributed by atoms with Crippen molar-refractivity contribution in [3.05, 3.63) is 100 Å². The molecular formula is C23H18F2N2O3. The van der Waals surface area contributed by atoms with Crippen LogP contribution >= 0.6 is 0 Å². The van der Waals surface area contributed by atoms with Crippen LogP contribution in [0.1, 0.15) is 17.2 Å². The van der Waals surface area contributed by atoms with E-state index in [1.165, 1.54) is 10.9 Å². The molecule has 1 aromatic heterocycles. The standard InChI is InChI=1S/C23H18F2N2O3/c1-29-16-7-3-14(4-8-16)22(15-5-9-17(30-2)10-6-15)27-13-26-21-12-20(25)19(24)11-18(21)23(27)28/h3-13,22H,1-2H3. The molecule has 0 fully saturated rings. The molecule has 0 aliphatic heterocycles. The second-order valence-electron chi connectivity index (χ2n) is 6.69. The Morgan fingerprint density at radius 3 is 1.83 bits per heavy atom. The van der Waals surface area contributed by atoms with E-state index in [1.807, 2.05) is 24.3 Å². The average molecular weight is 408 g/mol. The van der Waals surface area contributed by atoms with Crippen LogP contribution in [0.4, 0.5) is 8.78 Å². The van der Waals surface area contributed by atoms with Gasteiger partial charge in [0.1, 0.15) is 11.5 Å². The van der Waals surface area contributed by atoms with Gasteiger partial charge in [-0.3, -0.25) is 9.36 Å². The molecule has 1 heterocycles. The predicted molar refractivity (Wildman–Crippen MR) is 109 cm³/mol. The van der Waals surface area contributed by atoms with Crippen LogP contribution < -0.4 is 15.0 Å². The highest BCUT2D eigenvalue weighted by Crippen LogP contribution is 2.29. The highest BCUT2D eigenvalue weighted by molar-refractivity contribution is 5.77. The first-order chi connectivity index (χ1) is 14.5. The lowest BCUT2D eigenvalue weighted by Gasteiger charge is -2.21. The molecule has 0 unspecified atom stereocenters. The minimum Gasteiger partial charge on any atom is -0.497 e. The summed E-state index contributed by atoms with van der Waals surface area (Å²) in [6.07, 6.45) is 1.35. The second kappa shape index (κ2) is 7.94. The maximum atomic E-state index is 13.8. The number of benzene rings is 3. The van der Waals surface area contributed by atoms with Crippen LogP contribution in [0, 0.1) is 11.6 Å². The van der Waals surface area contributed by atoms with Crippen LogP contribution in [-0.2, 0) is 0 Å². The van der Waals surface area contributed by atoms with E-state index in [1.54, 1.807) is 38.5 Å². The number of aromatic nitrogens is 2. The van der Waals surface area contributed by atoms with E-state index in [-0.39, 0.29) is 10.9 Å². The Balaban J connectivity index is 1.93. The summed E-state index contributed by atoms with van der Waals surface area (Å²) in [7, 11) is 3.14. The smallest absolute Gasteiger partial charge is 0.262 e. The largest absolute Gasteiger partial charge is 0.497 e. The van der Waals surface area contributed by atoms with Crippen molar-refractivity contribution in [1.29, 1.82) is 0 Å². The molecule has 3 aromatic carbocycles. The Morgan fingerprint density at radius 1 is 0.833 bits per heavy atom. The summed E-state index contributed by atoms with van der Waals surface area (Å²) in [4.78, 5) is 17.4. The summed E-state index contributed by atoms with van der Waals surface area (Å²) >= 11 is 0. The monoisotopic (exact) mass is 408 g/mol. The topological polar surface area (TPSA) is 53.4 Å². The molecular weight excluding hydrogens is 390 g/mol. The first-order valence-electron chi connectivity index (χ1n) is 9.15. The first-order valence-corrected chi connectivity index (χ1v) is 9.15. The number of hydrogen-bond donors (Lipinski definition) is 0. The Labute approximate surface area is 171 Å². The van der Waals surface area contributed by atoms with Gasteiger partial charge in [-0.15, -0.1) is 0 Å². The molecule has 0 amide bonds. The first kappa shape index (κ1) is 19.6. The molecule has 0 aliphatic rings. The lowest BCUT2D eigenvalue weighted by atomic mass is 9.98. The van der Waals surface area contributed by atoms with Gasteiger partial charge in [-0.05, 0) is 41.5 Å². The van der Waals surface area contributed by atoms with E-state index in [2.05, 4.69) is 4.98 Å². The fourth-order valence-corrected chi connectivity index (χ4v) is 3.40. The Hall–Kier alpha value is -3.74. The zero-order valence-corrected chi connectivity index (χ0v) is 16.3. The van der Waals surface area contributed by atoms with Gasteiger partial charge in [0.05, 0.1) is 37.5 Å². The van der Waals surface area contributed by atoms with Gasteiger partial charge in [0.15, 0.2) is 11.6 Å². The highest BCUT2D eigenvalue weighted by atomic mass is 19.2. The lowest BCUT2D eigenvalue weighted by molar-refractivity contribution is 0.414. The molecule has 4 aromatic rings. The van der Waals surface area contributed by atoms with Gasteiger partial charge in [-0.1, -0.05) is 24.3 Å². The molecule has 30 heavy (non-hydrogen) atoms. The molecule has 0 aliphatic carbocycles. The number of ether oxygens (including phenoxy) is 2. The Kier molecular flexibility index (Phi) is 5.18. The van der Waals surface area contributed by atoms with E-state index >= 15 is 0 Å². The van der Waals surface area contributed by atoms with Crippen LogP contribution in [0.5, 0.6) is 11.5 Å². The summed E-state index contributed by atoms with van der Waals surface area (Å²) in [6.45, 7) is 0. The molecule has 7 heteroatoms. The van der Waals surface area contributed by atoms with Gasteiger partial charge in [0, 0.05) is 6.07 Å². The summed E-state index contributed by atoms with van der Waals surface area (Å²) in [6, 6.07) is 15.8. The second-order valence-corrected chi connectivity index (χ2v) is 6.69. The number of rotatable bonds is 5. The minimum absolute atomic E-state index is 0.00317. The molecule has 0 saturated heterocycles. The number of halogens is 2. The molecule has 0 spiro atoms. The van der Waals surface area contributed by atoms with Crippen LogP contribution in [-0.4, -0.2) is 23.8 Å². The summed E-state index contributed by atoms with van der Waals surface area (Å²) < 4.78 is 39.2. The van der Waals surface area contributed by atoms with Crippen molar-refractivity contribution in [2.24, 2.45) is 0 Å². The van der Waals surface area contributed by atoms with Gasteiger partial charge in [-0.25, -0.2) is 13.8 Å². The minimum atomic E-state index is -1.09. The molecule has 0 saturated carbocycles. The summed E-state index contributed by atoms with van der Waals surface area (Å²) in [5, 5.41) is 0.00317. The number of methoxy groups -OCH3 is 2. The van der Waals surface area contributed by atoms with Crippen LogP contribution in [0.3, 0.4) is 0 Å². The maximum absolute atomic E-state index is 13.8. The predicted octanol–water partition coefficient (Wildman–Crippen LogP) is 4.33. The maximum Gasteiger partial charge on any atom is 0.262 e. The van der Waals surface area contributed by atoms with E-state index in [9.17, 15) is 13.6 Å². The SMILES string of the molecule is COc1ccc(C(c2ccc(OC)cc2)n2cnc3cc(F)c(F)cc3c2=O)cc1. The molecule has 152 valence electrons. The van der Waals surface area contributed by atoms with Gasteiger partial charge in [0.25, 0.3) is 5.56 Å². The van der Waals surface area contributed by atoms with Crippen molar-refractivity contribution in [2.75, 3.05) is 14.2 Å². The van der Waals surface area contributed by atoms with Gasteiger partial charge >= 0.3 is 0 Å². The average Bonchev–Trinajstić information content (AvgIpc) is 2.78. The van der Waals surface area contributed by atoms with E-state index in [0.29, 0.717) is 11.5 Å². The van der Waals surface area contributed by atoms with Crippen molar-refractivity contribution in [3.63, 3.8) is 0 Å². The van der Waals surface area contributed by atoms with Crippen LogP contribution in [0.15, 0.2) is 71.8 Å². The zero-order chi connectivity index (χ0) is 21.3. The highest BCUT2D eigenvalue weighted by Gasteiger charge is 2.20. The van der Waals surface area contributed by atoms with Gasteiger partial charge < -0.3 is 9.47 Å².